The van der Waals surface area contributed by atoms with Crippen LogP contribution in [0.5, 0.6) is 0 Å². The van der Waals surface area contributed by atoms with Crippen molar-refractivity contribution in [2.45, 2.75) is 13.0 Å². The molecule has 2 aromatic carbocycles. The van der Waals surface area contributed by atoms with E-state index in [1.807, 2.05) is 24.3 Å². The second-order valence-electron chi connectivity index (χ2n) is 6.95. The first-order valence-corrected chi connectivity index (χ1v) is 9.32. The minimum atomic E-state index is -0.499. The Labute approximate surface area is 163 Å². The topological polar surface area (TPSA) is 44.8 Å². The summed E-state index contributed by atoms with van der Waals surface area (Å²) in [6.45, 7) is 4.94. The van der Waals surface area contributed by atoms with Crippen molar-refractivity contribution in [3.05, 3.63) is 59.7 Å². The van der Waals surface area contributed by atoms with E-state index in [-0.39, 0.29) is 18.0 Å². The fourth-order valence-corrected chi connectivity index (χ4v) is 3.21. The van der Waals surface area contributed by atoms with E-state index in [2.05, 4.69) is 10.2 Å². The fraction of sp³-hybridized carbons (Fsp3) is 0.381. The molecule has 0 radical (unpaired) electrons. The predicted molar refractivity (Wildman–Crippen MR) is 106 cm³/mol. The number of amides is 1. The van der Waals surface area contributed by atoms with Gasteiger partial charge in [0.1, 0.15) is 11.6 Å². The van der Waals surface area contributed by atoms with E-state index in [4.69, 9.17) is 4.74 Å². The van der Waals surface area contributed by atoms with Gasteiger partial charge in [-0.25, -0.2) is 8.78 Å². The van der Waals surface area contributed by atoms with Crippen LogP contribution >= 0.6 is 0 Å². The number of anilines is 2. The smallest absolute Gasteiger partial charge is 0.238 e. The van der Waals surface area contributed by atoms with Crippen molar-refractivity contribution in [1.82, 2.24) is 4.90 Å². The summed E-state index contributed by atoms with van der Waals surface area (Å²) in [6, 6.07) is 10.6. The number of benzene rings is 2. The van der Waals surface area contributed by atoms with Crippen LogP contribution in [0.1, 0.15) is 18.5 Å². The van der Waals surface area contributed by atoms with Gasteiger partial charge in [0.15, 0.2) is 0 Å². The number of carbonyl (C=O) groups is 1. The van der Waals surface area contributed by atoms with E-state index in [9.17, 15) is 13.6 Å². The molecule has 0 spiro atoms. The normalized spacial score (nSPS) is 15.5. The van der Waals surface area contributed by atoms with Crippen LogP contribution in [0.25, 0.3) is 0 Å². The number of likely N-dealkylation sites (N-methyl/N-ethyl adjacent to an activating group) is 1. The van der Waals surface area contributed by atoms with Crippen LogP contribution in [-0.4, -0.2) is 50.7 Å². The zero-order valence-electron chi connectivity index (χ0n) is 16.1. The highest BCUT2D eigenvalue weighted by molar-refractivity contribution is 5.92. The van der Waals surface area contributed by atoms with Gasteiger partial charge < -0.3 is 15.0 Å². The molecule has 0 aliphatic carbocycles. The Bertz CT molecular complexity index is 808. The van der Waals surface area contributed by atoms with Crippen molar-refractivity contribution in [3.63, 3.8) is 0 Å². The number of morpholine rings is 1. The standard InChI is InChI=1S/C21H25F2N3O2/c1-15(19-13-16(22)3-8-20(19)23)25(2)14-21(27)24-17-4-6-18(7-5-17)26-9-11-28-12-10-26/h3-8,13,15H,9-12,14H2,1-2H3,(H,24,27). The van der Waals surface area contributed by atoms with Gasteiger partial charge in [-0.1, -0.05) is 0 Å². The lowest BCUT2D eigenvalue weighted by Gasteiger charge is -2.29. The summed E-state index contributed by atoms with van der Waals surface area (Å²) in [5.41, 5.74) is 2.01. The average molecular weight is 389 g/mol. The van der Waals surface area contributed by atoms with Gasteiger partial charge in [0, 0.05) is 36.1 Å². The highest BCUT2D eigenvalue weighted by atomic mass is 19.1. The van der Waals surface area contributed by atoms with Crippen LogP contribution < -0.4 is 10.2 Å². The molecule has 150 valence electrons. The minimum absolute atomic E-state index is 0.0579. The molecule has 1 aliphatic rings. The largest absolute Gasteiger partial charge is 0.378 e. The van der Waals surface area contributed by atoms with Crippen LogP contribution in [0.3, 0.4) is 0 Å². The van der Waals surface area contributed by atoms with Gasteiger partial charge in [-0.2, -0.15) is 0 Å². The Morgan fingerprint density at radius 1 is 1.18 bits per heavy atom. The molecule has 1 aliphatic heterocycles. The van der Waals surface area contributed by atoms with Gasteiger partial charge in [0.25, 0.3) is 0 Å². The molecule has 7 heteroatoms. The first-order chi connectivity index (χ1) is 13.4. The van der Waals surface area contributed by atoms with Crippen molar-refractivity contribution in [2.75, 3.05) is 50.1 Å². The average Bonchev–Trinajstić information content (AvgIpc) is 2.70. The summed E-state index contributed by atoms with van der Waals surface area (Å²) in [6.07, 6.45) is 0. The second kappa shape index (κ2) is 9.12. The third kappa shape index (κ3) is 5.05. The SMILES string of the molecule is CC(c1cc(F)ccc1F)N(C)CC(=O)Nc1ccc(N2CCOCC2)cc1. The summed E-state index contributed by atoms with van der Waals surface area (Å²) in [5, 5.41) is 2.84. The van der Waals surface area contributed by atoms with Crippen molar-refractivity contribution in [2.24, 2.45) is 0 Å². The number of carbonyl (C=O) groups excluding carboxylic acids is 1. The summed E-state index contributed by atoms with van der Waals surface area (Å²) in [7, 11) is 1.70. The summed E-state index contributed by atoms with van der Waals surface area (Å²) < 4.78 is 32.7. The molecular formula is C21H25F2N3O2. The Hall–Kier alpha value is -2.51. The molecule has 1 heterocycles. The Morgan fingerprint density at radius 3 is 2.54 bits per heavy atom. The van der Waals surface area contributed by atoms with Gasteiger partial charge in [-0.3, -0.25) is 9.69 Å². The summed E-state index contributed by atoms with van der Waals surface area (Å²) >= 11 is 0. The van der Waals surface area contributed by atoms with E-state index in [0.29, 0.717) is 5.69 Å². The molecule has 1 fully saturated rings. The van der Waals surface area contributed by atoms with Crippen LogP contribution in [0.2, 0.25) is 0 Å². The van der Waals surface area contributed by atoms with Gasteiger partial charge >= 0.3 is 0 Å². The number of halogens is 2. The molecule has 2 aromatic rings. The maximum absolute atomic E-state index is 14.0. The van der Waals surface area contributed by atoms with Gasteiger partial charge in [-0.15, -0.1) is 0 Å². The van der Waals surface area contributed by atoms with E-state index in [1.54, 1.807) is 18.9 Å². The van der Waals surface area contributed by atoms with Gasteiger partial charge in [0.2, 0.25) is 5.91 Å². The molecule has 1 amide bonds. The van der Waals surface area contributed by atoms with Crippen LogP contribution in [0.15, 0.2) is 42.5 Å². The van der Waals surface area contributed by atoms with Crippen LogP contribution in [-0.2, 0) is 9.53 Å². The number of hydrogen-bond donors (Lipinski definition) is 1. The molecule has 0 saturated carbocycles. The Kier molecular flexibility index (Phi) is 6.59. The molecule has 28 heavy (non-hydrogen) atoms. The number of nitrogens with one attached hydrogen (secondary N) is 1. The van der Waals surface area contributed by atoms with Crippen molar-refractivity contribution in [1.29, 1.82) is 0 Å². The maximum atomic E-state index is 14.0. The lowest BCUT2D eigenvalue weighted by Crippen LogP contribution is -2.36. The minimum Gasteiger partial charge on any atom is -0.378 e. The van der Waals surface area contributed by atoms with Crippen molar-refractivity contribution >= 4 is 17.3 Å². The zero-order chi connectivity index (χ0) is 20.1. The van der Waals surface area contributed by atoms with Crippen molar-refractivity contribution in [3.8, 4) is 0 Å². The fourth-order valence-electron chi connectivity index (χ4n) is 3.21. The molecule has 0 bridgehead atoms. The van der Waals surface area contributed by atoms with Crippen LogP contribution in [0.4, 0.5) is 20.2 Å². The van der Waals surface area contributed by atoms with Crippen LogP contribution in [0, 0.1) is 11.6 Å². The molecule has 1 atom stereocenters. The first-order valence-electron chi connectivity index (χ1n) is 9.32. The Morgan fingerprint density at radius 2 is 1.86 bits per heavy atom. The van der Waals surface area contributed by atoms with Crippen molar-refractivity contribution < 1.29 is 18.3 Å². The molecule has 1 unspecified atom stereocenters. The molecular weight excluding hydrogens is 364 g/mol. The van der Waals surface area contributed by atoms with E-state index in [1.165, 1.54) is 6.07 Å². The number of nitrogens with zero attached hydrogens (tertiary/aromatic N) is 2. The number of rotatable bonds is 6. The zero-order valence-corrected chi connectivity index (χ0v) is 16.1. The molecule has 3 rings (SSSR count). The third-order valence-electron chi connectivity index (χ3n) is 4.99. The lowest BCUT2D eigenvalue weighted by molar-refractivity contribution is -0.117. The van der Waals surface area contributed by atoms with E-state index >= 15 is 0 Å². The second-order valence-corrected chi connectivity index (χ2v) is 6.95. The quantitative estimate of drug-likeness (QED) is 0.822. The highest BCUT2D eigenvalue weighted by Gasteiger charge is 2.19. The monoisotopic (exact) mass is 389 g/mol. The maximum Gasteiger partial charge on any atom is 0.238 e. The highest BCUT2D eigenvalue weighted by Crippen LogP contribution is 2.23. The molecule has 5 nitrogen and oxygen atoms in total. The molecule has 1 saturated heterocycles. The third-order valence-corrected chi connectivity index (χ3v) is 4.99. The van der Waals surface area contributed by atoms with Gasteiger partial charge in [0.05, 0.1) is 19.8 Å². The van der Waals surface area contributed by atoms with E-state index < -0.39 is 17.7 Å². The van der Waals surface area contributed by atoms with Gasteiger partial charge in [-0.05, 0) is 56.4 Å². The lowest BCUT2D eigenvalue weighted by atomic mass is 10.1. The van der Waals surface area contributed by atoms with E-state index in [0.717, 1.165) is 44.1 Å². The molecule has 1 N–H and O–H groups in total. The molecule has 0 aromatic heterocycles. The first kappa shape index (κ1) is 20.2. The number of hydrogen-bond acceptors (Lipinski definition) is 4. The number of ether oxygens (including phenoxy) is 1. The summed E-state index contributed by atoms with van der Waals surface area (Å²) in [4.78, 5) is 16.3. The predicted octanol–water partition coefficient (Wildman–Crippen LogP) is 3.43. The summed E-state index contributed by atoms with van der Waals surface area (Å²) in [5.74, 6) is -1.20. The Balaban J connectivity index is 1.56.